The van der Waals surface area contributed by atoms with Crippen LogP contribution in [-0.4, -0.2) is 6.54 Å². The van der Waals surface area contributed by atoms with Crippen molar-refractivity contribution in [3.63, 3.8) is 0 Å². The molecule has 2 nitrogen and oxygen atoms in total. The zero-order valence-electron chi connectivity index (χ0n) is 9.91. The summed E-state index contributed by atoms with van der Waals surface area (Å²) in [5.41, 5.74) is 6.51. The first-order valence-corrected chi connectivity index (χ1v) is 6.62. The number of benzene rings is 2. The Bertz CT molecular complexity index is 636. The summed E-state index contributed by atoms with van der Waals surface area (Å²) >= 11 is 6.20. The van der Waals surface area contributed by atoms with Crippen LogP contribution in [0.3, 0.4) is 0 Å². The lowest BCUT2D eigenvalue weighted by molar-refractivity contribution is 1.00. The first kappa shape index (κ1) is 10.3. The number of para-hydroxylation sites is 2. The fourth-order valence-electron chi connectivity index (χ4n) is 3.02. The molecule has 1 N–H and O–H groups in total. The van der Waals surface area contributed by atoms with Gasteiger partial charge in [0.15, 0.2) is 0 Å². The summed E-state index contributed by atoms with van der Waals surface area (Å²) < 4.78 is 0. The molecule has 0 aromatic heterocycles. The van der Waals surface area contributed by atoms with Gasteiger partial charge in [-0.05, 0) is 41.8 Å². The number of anilines is 3. The summed E-state index contributed by atoms with van der Waals surface area (Å²) in [6.07, 6.45) is 1.08. The van der Waals surface area contributed by atoms with Gasteiger partial charge in [0.05, 0.1) is 11.4 Å². The van der Waals surface area contributed by atoms with E-state index in [0.29, 0.717) is 0 Å². The van der Waals surface area contributed by atoms with Gasteiger partial charge in [-0.25, -0.2) is 0 Å². The molecule has 0 fully saturated rings. The van der Waals surface area contributed by atoms with Crippen molar-refractivity contribution in [1.29, 1.82) is 0 Å². The SMILES string of the molecule is Clc1cc2c3c(c1)CNc1ccccc1N3CC2. The monoisotopic (exact) mass is 256 g/mol. The Labute approximate surface area is 111 Å². The van der Waals surface area contributed by atoms with Crippen LogP contribution in [0.2, 0.25) is 5.02 Å². The zero-order chi connectivity index (χ0) is 12.1. The minimum Gasteiger partial charge on any atom is -0.379 e. The first-order valence-electron chi connectivity index (χ1n) is 6.25. The number of nitrogens with one attached hydrogen (secondary N) is 1. The van der Waals surface area contributed by atoms with E-state index >= 15 is 0 Å². The highest BCUT2D eigenvalue weighted by Crippen LogP contribution is 2.44. The van der Waals surface area contributed by atoms with Crippen LogP contribution >= 0.6 is 11.6 Å². The van der Waals surface area contributed by atoms with Gasteiger partial charge >= 0.3 is 0 Å². The van der Waals surface area contributed by atoms with E-state index in [-0.39, 0.29) is 0 Å². The molecule has 0 bridgehead atoms. The van der Waals surface area contributed by atoms with Crippen LogP contribution in [0.4, 0.5) is 17.1 Å². The molecule has 0 saturated heterocycles. The molecule has 0 unspecified atom stereocenters. The minimum atomic E-state index is 0.844. The molecule has 2 heterocycles. The summed E-state index contributed by atoms with van der Waals surface area (Å²) in [6.45, 7) is 1.89. The van der Waals surface area contributed by atoms with Crippen LogP contribution in [0, 0.1) is 0 Å². The van der Waals surface area contributed by atoms with Crippen molar-refractivity contribution in [2.45, 2.75) is 13.0 Å². The molecule has 0 radical (unpaired) electrons. The van der Waals surface area contributed by atoms with Crippen LogP contribution in [0.5, 0.6) is 0 Å². The molecule has 3 heteroatoms. The Morgan fingerprint density at radius 2 is 1.94 bits per heavy atom. The number of rotatable bonds is 0. The fourth-order valence-corrected chi connectivity index (χ4v) is 3.29. The van der Waals surface area contributed by atoms with Crippen LogP contribution in [-0.2, 0) is 13.0 Å². The standard InChI is InChI=1S/C15H13ClN2/c16-12-7-10-5-6-18-14-4-2-1-3-13(14)17-9-11(8-12)15(10)18/h1-4,7-8,17H,5-6,9H2. The van der Waals surface area contributed by atoms with Crippen LogP contribution in [0.25, 0.3) is 0 Å². The average molecular weight is 257 g/mol. The van der Waals surface area contributed by atoms with Gasteiger partial charge in [-0.15, -0.1) is 0 Å². The van der Waals surface area contributed by atoms with E-state index < -0.39 is 0 Å². The molecule has 2 aliphatic rings. The average Bonchev–Trinajstić information content (AvgIpc) is 2.72. The quantitative estimate of drug-likeness (QED) is 0.768. The number of hydrogen-bond donors (Lipinski definition) is 1. The number of halogens is 1. The third-order valence-electron chi connectivity index (χ3n) is 3.77. The third-order valence-corrected chi connectivity index (χ3v) is 3.99. The second-order valence-corrected chi connectivity index (χ2v) is 5.28. The predicted molar refractivity (Wildman–Crippen MR) is 75.9 cm³/mol. The lowest BCUT2D eigenvalue weighted by Crippen LogP contribution is -2.13. The summed E-state index contributed by atoms with van der Waals surface area (Å²) in [4.78, 5) is 2.41. The van der Waals surface area contributed by atoms with E-state index in [1.54, 1.807) is 0 Å². The highest BCUT2D eigenvalue weighted by molar-refractivity contribution is 6.30. The van der Waals surface area contributed by atoms with Gasteiger partial charge in [0, 0.05) is 23.8 Å². The molecule has 0 amide bonds. The normalized spacial score (nSPS) is 15.7. The van der Waals surface area contributed by atoms with Crippen molar-refractivity contribution in [2.24, 2.45) is 0 Å². The molecular formula is C15H13ClN2. The van der Waals surface area contributed by atoms with Crippen molar-refractivity contribution >= 4 is 28.7 Å². The molecular weight excluding hydrogens is 244 g/mol. The molecule has 0 aliphatic carbocycles. The molecule has 0 saturated carbocycles. The lowest BCUT2D eigenvalue weighted by Gasteiger charge is -2.21. The van der Waals surface area contributed by atoms with Crippen molar-refractivity contribution in [3.8, 4) is 0 Å². The Hall–Kier alpha value is -1.67. The highest BCUT2D eigenvalue weighted by atomic mass is 35.5. The molecule has 2 aromatic rings. The molecule has 2 aliphatic heterocycles. The van der Waals surface area contributed by atoms with Gasteiger partial charge in [-0.2, -0.15) is 0 Å². The van der Waals surface area contributed by atoms with Crippen molar-refractivity contribution in [3.05, 3.63) is 52.5 Å². The second kappa shape index (κ2) is 3.66. The fraction of sp³-hybridized carbons (Fsp3) is 0.200. The van der Waals surface area contributed by atoms with Crippen molar-refractivity contribution in [1.82, 2.24) is 0 Å². The van der Waals surface area contributed by atoms with Gasteiger partial charge < -0.3 is 10.2 Å². The topological polar surface area (TPSA) is 15.3 Å². The lowest BCUT2D eigenvalue weighted by atomic mass is 10.1. The Balaban J connectivity index is 1.98. The predicted octanol–water partition coefficient (Wildman–Crippen LogP) is 3.96. The first-order chi connectivity index (χ1) is 8.83. The molecule has 18 heavy (non-hydrogen) atoms. The summed E-state index contributed by atoms with van der Waals surface area (Å²) in [5, 5.41) is 4.35. The van der Waals surface area contributed by atoms with Crippen LogP contribution in [0.15, 0.2) is 36.4 Å². The van der Waals surface area contributed by atoms with Gasteiger partial charge in [-0.1, -0.05) is 23.7 Å². The third kappa shape index (κ3) is 1.36. The van der Waals surface area contributed by atoms with Gasteiger partial charge in [-0.3, -0.25) is 0 Å². The van der Waals surface area contributed by atoms with E-state index in [4.69, 9.17) is 11.6 Å². The van der Waals surface area contributed by atoms with Gasteiger partial charge in [0.1, 0.15) is 0 Å². The second-order valence-electron chi connectivity index (χ2n) is 4.84. The minimum absolute atomic E-state index is 0.844. The van der Waals surface area contributed by atoms with E-state index in [9.17, 15) is 0 Å². The maximum atomic E-state index is 6.20. The Morgan fingerprint density at radius 1 is 1.11 bits per heavy atom. The maximum Gasteiger partial charge on any atom is 0.0646 e. The van der Waals surface area contributed by atoms with Crippen molar-refractivity contribution in [2.75, 3.05) is 16.8 Å². The molecule has 4 rings (SSSR count). The van der Waals surface area contributed by atoms with E-state index in [2.05, 4.69) is 46.6 Å². The van der Waals surface area contributed by atoms with Crippen LogP contribution in [0.1, 0.15) is 11.1 Å². The van der Waals surface area contributed by atoms with E-state index in [1.165, 1.54) is 28.2 Å². The molecule has 2 aromatic carbocycles. The van der Waals surface area contributed by atoms with Crippen molar-refractivity contribution < 1.29 is 0 Å². The smallest absolute Gasteiger partial charge is 0.0646 e. The molecule has 0 atom stereocenters. The number of hydrogen-bond acceptors (Lipinski definition) is 2. The summed E-state index contributed by atoms with van der Waals surface area (Å²) in [5.74, 6) is 0. The summed E-state index contributed by atoms with van der Waals surface area (Å²) in [6, 6.07) is 12.7. The number of nitrogens with zero attached hydrogens (tertiary/aromatic N) is 1. The highest BCUT2D eigenvalue weighted by Gasteiger charge is 2.27. The molecule has 90 valence electrons. The van der Waals surface area contributed by atoms with Gasteiger partial charge in [0.25, 0.3) is 0 Å². The molecule has 0 spiro atoms. The Morgan fingerprint density at radius 3 is 2.89 bits per heavy atom. The maximum absolute atomic E-state index is 6.20. The van der Waals surface area contributed by atoms with E-state index in [1.807, 2.05) is 0 Å². The number of fused-ring (bicyclic) bond motifs is 2. The van der Waals surface area contributed by atoms with E-state index in [0.717, 1.165) is 24.5 Å². The van der Waals surface area contributed by atoms with Crippen LogP contribution < -0.4 is 10.2 Å². The summed E-state index contributed by atoms with van der Waals surface area (Å²) in [7, 11) is 0. The largest absolute Gasteiger partial charge is 0.379 e. The zero-order valence-corrected chi connectivity index (χ0v) is 10.7. The Kier molecular flexibility index (Phi) is 2.09. The van der Waals surface area contributed by atoms with Gasteiger partial charge in [0.2, 0.25) is 0 Å².